The number of imide groups is 1. The summed E-state index contributed by atoms with van der Waals surface area (Å²) in [6.07, 6.45) is 7.36. The lowest BCUT2D eigenvalue weighted by Crippen LogP contribution is -2.41. The van der Waals surface area contributed by atoms with Crippen LogP contribution in [0.1, 0.15) is 72.1 Å². The van der Waals surface area contributed by atoms with Crippen LogP contribution in [0.25, 0.3) is 0 Å². The summed E-state index contributed by atoms with van der Waals surface area (Å²) >= 11 is 0. The fraction of sp³-hybridized carbons (Fsp3) is 0.875. The third kappa shape index (κ3) is 5.63. The Balaban J connectivity index is 1.38. The SMILES string of the molecule is CCN(CCC1CCN(C(=O)CCN2C(=O)C3CCCCC3C2=O)CC1)CC(C)C. The normalized spacial score (nSPS) is 25.5. The van der Waals surface area contributed by atoms with Gasteiger partial charge in [0.15, 0.2) is 0 Å². The first-order chi connectivity index (χ1) is 14.4. The maximum Gasteiger partial charge on any atom is 0.233 e. The number of hydrogen-bond donors (Lipinski definition) is 0. The molecule has 2 aliphatic heterocycles. The van der Waals surface area contributed by atoms with Crippen molar-refractivity contribution in [2.45, 2.75) is 72.1 Å². The van der Waals surface area contributed by atoms with E-state index in [4.69, 9.17) is 0 Å². The zero-order chi connectivity index (χ0) is 21.7. The van der Waals surface area contributed by atoms with Crippen LogP contribution in [-0.2, 0) is 14.4 Å². The Morgan fingerprint density at radius 3 is 2.17 bits per heavy atom. The standard InChI is InChI=1S/C24H41N3O3/c1-4-25(17-18(2)3)13-9-19-10-14-26(15-11-19)22(28)12-16-27-23(29)20-7-5-6-8-21(20)24(27)30/h18-21H,4-17H2,1-3H3. The van der Waals surface area contributed by atoms with Gasteiger partial charge < -0.3 is 9.80 Å². The van der Waals surface area contributed by atoms with Gasteiger partial charge in [-0.25, -0.2) is 0 Å². The van der Waals surface area contributed by atoms with Crippen LogP contribution >= 0.6 is 0 Å². The summed E-state index contributed by atoms with van der Waals surface area (Å²) in [5, 5.41) is 0. The number of rotatable bonds is 9. The van der Waals surface area contributed by atoms with Gasteiger partial charge in [0.25, 0.3) is 0 Å². The van der Waals surface area contributed by atoms with Gasteiger partial charge in [-0.1, -0.05) is 33.6 Å². The number of piperidine rings is 1. The Labute approximate surface area is 182 Å². The molecular formula is C24H41N3O3. The predicted molar refractivity (Wildman–Crippen MR) is 118 cm³/mol. The highest BCUT2D eigenvalue weighted by molar-refractivity contribution is 6.05. The molecule has 2 saturated heterocycles. The van der Waals surface area contributed by atoms with Gasteiger partial charge in [-0.15, -0.1) is 0 Å². The van der Waals surface area contributed by atoms with Gasteiger partial charge in [-0.05, 0) is 57.0 Å². The smallest absolute Gasteiger partial charge is 0.233 e. The molecule has 0 bridgehead atoms. The van der Waals surface area contributed by atoms with E-state index in [1.54, 1.807) is 0 Å². The van der Waals surface area contributed by atoms with Crippen molar-refractivity contribution < 1.29 is 14.4 Å². The van der Waals surface area contributed by atoms with Crippen LogP contribution < -0.4 is 0 Å². The van der Waals surface area contributed by atoms with Crippen molar-refractivity contribution in [3.05, 3.63) is 0 Å². The molecule has 2 heterocycles. The van der Waals surface area contributed by atoms with Crippen molar-refractivity contribution in [2.75, 3.05) is 39.3 Å². The third-order valence-corrected chi connectivity index (χ3v) is 7.37. The fourth-order valence-corrected chi connectivity index (χ4v) is 5.55. The molecule has 2 unspecified atom stereocenters. The highest BCUT2D eigenvalue weighted by Crippen LogP contribution is 2.38. The average molecular weight is 420 g/mol. The van der Waals surface area contributed by atoms with E-state index in [0.717, 1.165) is 71.2 Å². The van der Waals surface area contributed by atoms with Crippen LogP contribution in [0.15, 0.2) is 0 Å². The number of carbonyl (C=O) groups is 3. The molecule has 0 N–H and O–H groups in total. The molecule has 3 fully saturated rings. The lowest BCUT2D eigenvalue weighted by atomic mass is 9.81. The molecule has 0 aromatic heterocycles. The molecular weight excluding hydrogens is 378 g/mol. The molecule has 1 saturated carbocycles. The van der Waals surface area contributed by atoms with Crippen molar-refractivity contribution in [3.8, 4) is 0 Å². The molecule has 1 aliphatic carbocycles. The van der Waals surface area contributed by atoms with Crippen molar-refractivity contribution in [3.63, 3.8) is 0 Å². The summed E-state index contributed by atoms with van der Waals surface area (Å²) in [6, 6.07) is 0. The van der Waals surface area contributed by atoms with Crippen LogP contribution in [0.4, 0.5) is 0 Å². The number of likely N-dealkylation sites (tertiary alicyclic amines) is 2. The van der Waals surface area contributed by atoms with Gasteiger partial charge in [-0.3, -0.25) is 19.3 Å². The number of fused-ring (bicyclic) bond motifs is 1. The molecule has 0 aromatic carbocycles. The Kier molecular flexibility index (Phi) is 8.32. The van der Waals surface area contributed by atoms with Crippen molar-refractivity contribution in [1.29, 1.82) is 0 Å². The molecule has 0 aromatic rings. The first-order valence-electron chi connectivity index (χ1n) is 12.3. The Hall–Kier alpha value is -1.43. The summed E-state index contributed by atoms with van der Waals surface area (Å²) in [5.74, 6) is 1.20. The van der Waals surface area contributed by atoms with Crippen LogP contribution in [0.3, 0.4) is 0 Å². The molecule has 3 rings (SSSR count). The van der Waals surface area contributed by atoms with Crippen molar-refractivity contribution in [1.82, 2.24) is 14.7 Å². The number of nitrogens with zero attached hydrogens (tertiary/aromatic N) is 3. The van der Waals surface area contributed by atoms with Crippen molar-refractivity contribution >= 4 is 17.7 Å². The minimum atomic E-state index is -0.115. The second-order valence-electron chi connectivity index (χ2n) is 9.98. The van der Waals surface area contributed by atoms with Gasteiger partial charge in [-0.2, -0.15) is 0 Å². The first-order valence-corrected chi connectivity index (χ1v) is 12.3. The Morgan fingerprint density at radius 1 is 1.03 bits per heavy atom. The second kappa shape index (κ2) is 10.7. The fourth-order valence-electron chi connectivity index (χ4n) is 5.55. The van der Waals surface area contributed by atoms with Gasteiger partial charge >= 0.3 is 0 Å². The van der Waals surface area contributed by atoms with E-state index in [9.17, 15) is 14.4 Å². The summed E-state index contributed by atoms with van der Waals surface area (Å²) in [5.41, 5.74) is 0. The lowest BCUT2D eigenvalue weighted by Gasteiger charge is -2.33. The molecule has 170 valence electrons. The quantitative estimate of drug-likeness (QED) is 0.539. The molecule has 0 radical (unpaired) electrons. The van der Waals surface area contributed by atoms with Crippen LogP contribution in [-0.4, -0.2) is 71.7 Å². The summed E-state index contributed by atoms with van der Waals surface area (Å²) in [7, 11) is 0. The maximum atomic E-state index is 12.7. The van der Waals surface area contributed by atoms with Crippen LogP contribution in [0, 0.1) is 23.7 Å². The van der Waals surface area contributed by atoms with Gasteiger partial charge in [0.2, 0.25) is 17.7 Å². The Bertz CT molecular complexity index is 589. The zero-order valence-electron chi connectivity index (χ0n) is 19.3. The highest BCUT2D eigenvalue weighted by Gasteiger charge is 2.47. The van der Waals surface area contributed by atoms with Gasteiger partial charge in [0.1, 0.15) is 0 Å². The van der Waals surface area contributed by atoms with E-state index in [1.807, 2.05) is 4.90 Å². The van der Waals surface area contributed by atoms with E-state index in [0.29, 0.717) is 11.8 Å². The van der Waals surface area contributed by atoms with Crippen LogP contribution in [0.2, 0.25) is 0 Å². The second-order valence-corrected chi connectivity index (χ2v) is 9.98. The van der Waals surface area contributed by atoms with E-state index >= 15 is 0 Å². The maximum absolute atomic E-state index is 12.7. The van der Waals surface area contributed by atoms with E-state index in [1.165, 1.54) is 11.3 Å². The highest BCUT2D eigenvalue weighted by atomic mass is 16.2. The predicted octanol–water partition coefficient (Wildman–Crippen LogP) is 3.16. The number of carbonyl (C=O) groups excluding carboxylic acids is 3. The largest absolute Gasteiger partial charge is 0.343 e. The zero-order valence-corrected chi connectivity index (χ0v) is 19.3. The minimum Gasteiger partial charge on any atom is -0.343 e. The first kappa shape index (κ1) is 23.2. The molecule has 6 nitrogen and oxygen atoms in total. The third-order valence-electron chi connectivity index (χ3n) is 7.37. The van der Waals surface area contributed by atoms with Crippen molar-refractivity contribution in [2.24, 2.45) is 23.7 Å². The molecule has 30 heavy (non-hydrogen) atoms. The van der Waals surface area contributed by atoms with E-state index in [2.05, 4.69) is 25.7 Å². The molecule has 2 atom stereocenters. The monoisotopic (exact) mass is 419 g/mol. The number of hydrogen-bond acceptors (Lipinski definition) is 4. The van der Waals surface area contributed by atoms with E-state index < -0.39 is 0 Å². The summed E-state index contributed by atoms with van der Waals surface area (Å²) in [4.78, 5) is 43.7. The lowest BCUT2D eigenvalue weighted by molar-refractivity contribution is -0.141. The topological polar surface area (TPSA) is 60.9 Å². The molecule has 3 aliphatic rings. The average Bonchev–Trinajstić information content (AvgIpc) is 2.99. The Morgan fingerprint density at radius 2 is 1.63 bits per heavy atom. The van der Waals surface area contributed by atoms with E-state index in [-0.39, 0.29) is 42.5 Å². The molecule has 6 heteroatoms. The molecule has 0 spiro atoms. The minimum absolute atomic E-state index is 0.0296. The summed E-state index contributed by atoms with van der Waals surface area (Å²) < 4.78 is 0. The van der Waals surface area contributed by atoms with Gasteiger partial charge in [0.05, 0.1) is 11.8 Å². The van der Waals surface area contributed by atoms with Crippen LogP contribution in [0.5, 0.6) is 0 Å². The molecule has 3 amide bonds. The van der Waals surface area contributed by atoms with Gasteiger partial charge in [0, 0.05) is 32.6 Å². The summed E-state index contributed by atoms with van der Waals surface area (Å²) in [6.45, 7) is 12.1. The number of amides is 3.